The highest BCUT2D eigenvalue weighted by Gasteiger charge is 2.31. The Morgan fingerprint density at radius 1 is 1.19 bits per heavy atom. The van der Waals surface area contributed by atoms with E-state index in [9.17, 15) is 13.2 Å². The van der Waals surface area contributed by atoms with Crippen LogP contribution in [0.1, 0.15) is 26.2 Å². The fraction of sp³-hybridized carbons (Fsp3) is 0.571. The van der Waals surface area contributed by atoms with Gasteiger partial charge in [0.25, 0.3) is 0 Å². The second-order valence-corrected chi connectivity index (χ2v) is 5.30. The molecule has 0 atom stereocenters. The van der Waals surface area contributed by atoms with Crippen molar-refractivity contribution in [1.29, 1.82) is 0 Å². The second kappa shape index (κ2) is 9.15. The topological polar surface area (TPSA) is 30.5 Å². The Hall–Kier alpha value is -0.950. The molecule has 120 valence electrons. The van der Waals surface area contributed by atoms with E-state index in [0.29, 0.717) is 18.9 Å². The summed E-state index contributed by atoms with van der Waals surface area (Å²) < 4.78 is 45.9. The molecule has 0 radical (unpaired) electrons. The van der Waals surface area contributed by atoms with E-state index < -0.39 is 6.36 Å². The van der Waals surface area contributed by atoms with E-state index in [2.05, 4.69) is 32.9 Å². The fourth-order valence-corrected chi connectivity index (χ4v) is 2.08. The summed E-state index contributed by atoms with van der Waals surface area (Å²) in [5, 5.41) is 3.24. The zero-order chi connectivity index (χ0) is 15.7. The van der Waals surface area contributed by atoms with Gasteiger partial charge in [-0.3, -0.25) is 0 Å². The molecule has 0 bridgehead atoms. The Kier molecular flexibility index (Phi) is 7.88. The van der Waals surface area contributed by atoms with Crippen LogP contribution >= 0.6 is 15.9 Å². The molecule has 0 unspecified atom stereocenters. The number of alkyl halides is 3. The quantitative estimate of drug-likeness (QED) is 0.649. The molecule has 0 aliphatic carbocycles. The number of rotatable bonds is 9. The van der Waals surface area contributed by atoms with Crippen molar-refractivity contribution in [3.8, 4) is 11.5 Å². The van der Waals surface area contributed by atoms with Gasteiger partial charge in [0.15, 0.2) is 0 Å². The van der Waals surface area contributed by atoms with Crippen LogP contribution in [0.15, 0.2) is 22.7 Å². The Morgan fingerprint density at radius 2 is 1.95 bits per heavy atom. The molecular weight excluding hydrogens is 351 g/mol. The molecule has 0 spiro atoms. The monoisotopic (exact) mass is 369 g/mol. The maximum atomic E-state index is 12.1. The van der Waals surface area contributed by atoms with Crippen LogP contribution in [0.4, 0.5) is 13.2 Å². The minimum Gasteiger partial charge on any atom is -0.492 e. The van der Waals surface area contributed by atoms with Crippen molar-refractivity contribution >= 4 is 15.9 Å². The van der Waals surface area contributed by atoms with Crippen LogP contribution < -0.4 is 14.8 Å². The summed E-state index contributed by atoms with van der Waals surface area (Å²) in [6.45, 7) is 4.24. The van der Waals surface area contributed by atoms with E-state index >= 15 is 0 Å². The number of nitrogens with one attached hydrogen (secondary N) is 1. The summed E-state index contributed by atoms with van der Waals surface area (Å²) in [6.07, 6.45) is -1.20. The van der Waals surface area contributed by atoms with Gasteiger partial charge in [0, 0.05) is 6.54 Å². The van der Waals surface area contributed by atoms with Crippen LogP contribution in [0.3, 0.4) is 0 Å². The third kappa shape index (κ3) is 8.16. The lowest BCUT2D eigenvalue weighted by molar-refractivity contribution is -0.274. The lowest BCUT2D eigenvalue weighted by Gasteiger charge is -2.12. The Morgan fingerprint density at radius 3 is 2.57 bits per heavy atom. The molecule has 0 aliphatic rings. The molecule has 1 rings (SSSR count). The minimum absolute atomic E-state index is 0.202. The third-order valence-corrected chi connectivity index (χ3v) is 3.25. The summed E-state index contributed by atoms with van der Waals surface area (Å²) in [5.74, 6) is 0.208. The van der Waals surface area contributed by atoms with Gasteiger partial charge < -0.3 is 14.8 Å². The van der Waals surface area contributed by atoms with Crippen molar-refractivity contribution in [2.75, 3.05) is 19.7 Å². The van der Waals surface area contributed by atoms with Crippen LogP contribution in [0.5, 0.6) is 11.5 Å². The van der Waals surface area contributed by atoms with E-state index in [0.717, 1.165) is 13.0 Å². The van der Waals surface area contributed by atoms with Crippen molar-refractivity contribution in [2.45, 2.75) is 32.5 Å². The summed E-state index contributed by atoms with van der Waals surface area (Å²) >= 11 is 3.03. The largest absolute Gasteiger partial charge is 0.573 e. The van der Waals surface area contributed by atoms with Gasteiger partial charge in [-0.2, -0.15) is 0 Å². The van der Waals surface area contributed by atoms with Crippen molar-refractivity contribution in [1.82, 2.24) is 5.32 Å². The molecule has 21 heavy (non-hydrogen) atoms. The molecule has 0 amide bonds. The standard InChI is InChI=1S/C14H19BrF3NO2/c1-2-3-4-7-19-8-9-20-11-5-6-13(12(15)10-11)21-14(16,17)18/h5-6,10,19H,2-4,7-9H2,1H3. The highest BCUT2D eigenvalue weighted by Crippen LogP contribution is 2.33. The zero-order valence-corrected chi connectivity index (χ0v) is 13.4. The number of benzene rings is 1. The first-order valence-corrected chi connectivity index (χ1v) is 7.60. The van der Waals surface area contributed by atoms with Crippen molar-refractivity contribution in [2.24, 2.45) is 0 Å². The molecule has 0 aliphatic heterocycles. The van der Waals surface area contributed by atoms with Crippen molar-refractivity contribution in [3.63, 3.8) is 0 Å². The third-order valence-electron chi connectivity index (χ3n) is 2.63. The summed E-state index contributed by atoms with van der Waals surface area (Å²) in [4.78, 5) is 0. The fourth-order valence-electron chi connectivity index (χ4n) is 1.64. The maximum absolute atomic E-state index is 12.1. The second-order valence-electron chi connectivity index (χ2n) is 4.45. The Labute approximate surface area is 130 Å². The summed E-state index contributed by atoms with van der Waals surface area (Å²) in [7, 11) is 0. The molecule has 7 heteroatoms. The van der Waals surface area contributed by atoms with Gasteiger partial charge in [0.05, 0.1) is 4.47 Å². The van der Waals surface area contributed by atoms with Crippen molar-refractivity contribution < 1.29 is 22.6 Å². The van der Waals surface area contributed by atoms with Gasteiger partial charge >= 0.3 is 6.36 Å². The Bertz CT molecular complexity index is 427. The first-order valence-electron chi connectivity index (χ1n) is 6.81. The first kappa shape index (κ1) is 18.1. The normalized spacial score (nSPS) is 11.5. The van der Waals surface area contributed by atoms with Gasteiger partial charge in [-0.1, -0.05) is 19.8 Å². The van der Waals surface area contributed by atoms with Gasteiger partial charge in [-0.25, -0.2) is 0 Å². The van der Waals surface area contributed by atoms with E-state index in [1.165, 1.54) is 31.0 Å². The highest BCUT2D eigenvalue weighted by atomic mass is 79.9. The molecule has 1 N–H and O–H groups in total. The molecule has 1 aromatic rings. The van der Waals surface area contributed by atoms with Gasteiger partial charge in [0.1, 0.15) is 18.1 Å². The molecule has 0 heterocycles. The maximum Gasteiger partial charge on any atom is 0.573 e. The molecule has 0 saturated heterocycles. The van der Waals surface area contributed by atoms with Gasteiger partial charge in [-0.05, 0) is 47.1 Å². The Balaban J connectivity index is 2.32. The SMILES string of the molecule is CCCCCNCCOc1ccc(OC(F)(F)F)c(Br)c1. The molecule has 3 nitrogen and oxygen atoms in total. The number of halogens is 4. The van der Waals surface area contributed by atoms with Crippen LogP contribution in [0.2, 0.25) is 0 Å². The van der Waals surface area contributed by atoms with E-state index in [1.807, 2.05) is 0 Å². The van der Waals surface area contributed by atoms with Crippen LogP contribution in [-0.4, -0.2) is 26.1 Å². The average molecular weight is 370 g/mol. The van der Waals surface area contributed by atoms with E-state index in [-0.39, 0.29) is 10.2 Å². The molecule has 0 fully saturated rings. The van der Waals surface area contributed by atoms with E-state index in [1.54, 1.807) is 0 Å². The predicted molar refractivity (Wildman–Crippen MR) is 78.7 cm³/mol. The van der Waals surface area contributed by atoms with Crippen LogP contribution in [-0.2, 0) is 0 Å². The lowest BCUT2D eigenvalue weighted by atomic mass is 10.2. The summed E-state index contributed by atoms with van der Waals surface area (Å²) in [5.41, 5.74) is 0. The van der Waals surface area contributed by atoms with Crippen LogP contribution in [0.25, 0.3) is 0 Å². The van der Waals surface area contributed by atoms with Crippen molar-refractivity contribution in [3.05, 3.63) is 22.7 Å². The molecule has 0 saturated carbocycles. The number of ether oxygens (including phenoxy) is 2. The molecule has 1 aromatic carbocycles. The lowest BCUT2D eigenvalue weighted by Crippen LogP contribution is -2.22. The van der Waals surface area contributed by atoms with E-state index in [4.69, 9.17) is 4.74 Å². The number of unbranched alkanes of at least 4 members (excludes halogenated alkanes) is 2. The average Bonchev–Trinajstić information content (AvgIpc) is 2.39. The zero-order valence-electron chi connectivity index (χ0n) is 11.8. The minimum atomic E-state index is -4.70. The van der Waals surface area contributed by atoms with Gasteiger partial charge in [-0.15, -0.1) is 13.2 Å². The molecular formula is C14H19BrF3NO2. The van der Waals surface area contributed by atoms with Gasteiger partial charge in [0.2, 0.25) is 0 Å². The number of hydrogen-bond acceptors (Lipinski definition) is 3. The summed E-state index contributed by atoms with van der Waals surface area (Å²) in [6, 6.07) is 4.13. The highest BCUT2D eigenvalue weighted by molar-refractivity contribution is 9.10. The smallest absolute Gasteiger partial charge is 0.492 e. The number of hydrogen-bond donors (Lipinski definition) is 1. The van der Waals surface area contributed by atoms with Crippen LogP contribution in [0, 0.1) is 0 Å². The predicted octanol–water partition coefficient (Wildman–Crippen LogP) is 4.51. The molecule has 0 aromatic heterocycles. The first-order chi connectivity index (χ1) is 9.92.